The van der Waals surface area contributed by atoms with Gasteiger partial charge in [-0.2, -0.15) is 0 Å². The number of halogens is 1. The van der Waals surface area contributed by atoms with Crippen molar-refractivity contribution >= 4 is 15.9 Å². The van der Waals surface area contributed by atoms with Gasteiger partial charge in [0.2, 0.25) is 0 Å². The lowest BCUT2D eigenvalue weighted by Gasteiger charge is -2.26. The molecule has 0 radical (unpaired) electrons. The molecule has 0 N–H and O–H groups in total. The highest BCUT2D eigenvalue weighted by Crippen LogP contribution is 2.34. The zero-order chi connectivity index (χ0) is 10.1. The third-order valence-electron chi connectivity index (χ3n) is 2.70. The molecule has 1 aliphatic rings. The van der Waals surface area contributed by atoms with E-state index < -0.39 is 0 Å². The highest BCUT2D eigenvalue weighted by atomic mass is 79.9. The number of hydrogen-bond donors (Lipinski definition) is 0. The zero-order valence-corrected chi connectivity index (χ0v) is 10.1. The van der Waals surface area contributed by atoms with Gasteiger partial charge >= 0.3 is 0 Å². The summed E-state index contributed by atoms with van der Waals surface area (Å²) in [6, 6.07) is 4.24. The minimum Gasteiger partial charge on any atom is -0.495 e. The van der Waals surface area contributed by atoms with E-state index in [-0.39, 0.29) is 0 Å². The van der Waals surface area contributed by atoms with E-state index in [2.05, 4.69) is 40.0 Å². The van der Waals surface area contributed by atoms with Crippen LogP contribution in [0.15, 0.2) is 16.6 Å². The van der Waals surface area contributed by atoms with Gasteiger partial charge in [-0.25, -0.2) is 0 Å². The molecule has 2 rings (SSSR count). The Labute approximate surface area is 93.0 Å². The van der Waals surface area contributed by atoms with Crippen LogP contribution >= 0.6 is 15.9 Å². The van der Waals surface area contributed by atoms with Gasteiger partial charge in [0.15, 0.2) is 0 Å². The van der Waals surface area contributed by atoms with Gasteiger partial charge in [-0.3, -0.25) is 0 Å². The van der Waals surface area contributed by atoms with Crippen LogP contribution in [-0.4, -0.2) is 25.6 Å². The molecule has 0 spiro atoms. The molecular formula is C11H14BrNO. The summed E-state index contributed by atoms with van der Waals surface area (Å²) >= 11 is 3.51. The third kappa shape index (κ3) is 1.66. The minimum absolute atomic E-state index is 1.01. The van der Waals surface area contributed by atoms with Crippen LogP contribution in [0.3, 0.4) is 0 Å². The Balaban J connectivity index is 2.47. The second-order valence-electron chi connectivity index (χ2n) is 3.71. The van der Waals surface area contributed by atoms with Gasteiger partial charge in [0.25, 0.3) is 0 Å². The molecule has 1 heterocycles. The van der Waals surface area contributed by atoms with Gasteiger partial charge in [-0.15, -0.1) is 0 Å². The maximum atomic E-state index is 5.41. The number of methoxy groups -OCH3 is 1. The van der Waals surface area contributed by atoms with Crippen molar-refractivity contribution in [2.45, 2.75) is 13.0 Å². The monoisotopic (exact) mass is 255 g/mol. The van der Waals surface area contributed by atoms with Crippen molar-refractivity contribution in [2.24, 2.45) is 0 Å². The van der Waals surface area contributed by atoms with Crippen molar-refractivity contribution in [2.75, 3.05) is 20.7 Å². The molecule has 0 saturated carbocycles. The molecule has 0 amide bonds. The Bertz CT molecular complexity index is 351. The molecule has 1 aliphatic heterocycles. The highest BCUT2D eigenvalue weighted by molar-refractivity contribution is 9.10. The smallest absolute Gasteiger partial charge is 0.136 e. The molecule has 0 fully saturated rings. The van der Waals surface area contributed by atoms with Crippen LogP contribution in [0.2, 0.25) is 0 Å². The Hall–Kier alpha value is -0.540. The van der Waals surface area contributed by atoms with E-state index in [1.807, 2.05) is 0 Å². The van der Waals surface area contributed by atoms with Crippen LogP contribution in [0, 0.1) is 0 Å². The van der Waals surface area contributed by atoms with Gasteiger partial charge in [-0.05, 0) is 41.0 Å². The molecule has 1 aromatic carbocycles. The number of rotatable bonds is 1. The molecule has 0 atom stereocenters. The Kier molecular flexibility index (Phi) is 2.79. The summed E-state index contributed by atoms with van der Waals surface area (Å²) in [5.41, 5.74) is 2.75. The fourth-order valence-corrected chi connectivity index (χ4v) is 2.49. The number of fused-ring (bicyclic) bond motifs is 1. The molecule has 1 aromatic rings. The summed E-state index contributed by atoms with van der Waals surface area (Å²) in [6.45, 7) is 2.14. The molecule has 76 valence electrons. The number of hydrogen-bond acceptors (Lipinski definition) is 2. The lowest BCUT2D eigenvalue weighted by molar-refractivity contribution is 0.306. The molecule has 0 aromatic heterocycles. The van der Waals surface area contributed by atoms with Crippen molar-refractivity contribution in [1.29, 1.82) is 0 Å². The van der Waals surface area contributed by atoms with E-state index in [1.165, 1.54) is 11.1 Å². The molecule has 0 aliphatic carbocycles. The van der Waals surface area contributed by atoms with Crippen LogP contribution in [0.4, 0.5) is 0 Å². The normalized spacial score (nSPS) is 16.5. The maximum absolute atomic E-state index is 5.41. The first-order valence-electron chi connectivity index (χ1n) is 4.75. The lowest BCUT2D eigenvalue weighted by atomic mass is 9.99. The highest BCUT2D eigenvalue weighted by Gasteiger charge is 2.18. The predicted molar refractivity (Wildman–Crippen MR) is 60.7 cm³/mol. The largest absolute Gasteiger partial charge is 0.495 e. The van der Waals surface area contributed by atoms with Gasteiger partial charge in [0.1, 0.15) is 5.75 Å². The van der Waals surface area contributed by atoms with E-state index in [9.17, 15) is 0 Å². The van der Waals surface area contributed by atoms with Crippen LogP contribution in [-0.2, 0) is 13.0 Å². The first-order chi connectivity index (χ1) is 6.72. The van der Waals surface area contributed by atoms with Crippen LogP contribution < -0.4 is 4.74 Å². The third-order valence-corrected chi connectivity index (χ3v) is 3.32. The summed E-state index contributed by atoms with van der Waals surface area (Å²) in [4.78, 5) is 2.33. The number of likely N-dealkylation sites (N-methyl/N-ethyl adjacent to an activating group) is 1. The Morgan fingerprint density at radius 3 is 2.93 bits per heavy atom. The van der Waals surface area contributed by atoms with Crippen LogP contribution in [0.5, 0.6) is 5.75 Å². The van der Waals surface area contributed by atoms with Crippen LogP contribution in [0.25, 0.3) is 0 Å². The molecule has 14 heavy (non-hydrogen) atoms. The lowest BCUT2D eigenvalue weighted by Crippen LogP contribution is -2.26. The summed E-state index contributed by atoms with van der Waals surface area (Å²) in [5, 5.41) is 0. The van der Waals surface area contributed by atoms with Crippen molar-refractivity contribution in [3.63, 3.8) is 0 Å². The van der Waals surface area contributed by atoms with Crippen molar-refractivity contribution < 1.29 is 4.74 Å². The van der Waals surface area contributed by atoms with Crippen LogP contribution in [0.1, 0.15) is 11.1 Å². The Morgan fingerprint density at radius 1 is 1.43 bits per heavy atom. The summed E-state index contributed by atoms with van der Waals surface area (Å²) < 4.78 is 6.47. The number of ether oxygens (including phenoxy) is 1. The summed E-state index contributed by atoms with van der Waals surface area (Å²) in [7, 11) is 3.89. The number of benzene rings is 1. The molecule has 0 unspecified atom stereocenters. The quantitative estimate of drug-likeness (QED) is 0.765. The SMILES string of the molecule is COc1c(Br)ccc2c1CCN(C)C2. The van der Waals surface area contributed by atoms with Gasteiger partial charge in [0, 0.05) is 18.7 Å². The molecule has 0 bridgehead atoms. The first-order valence-corrected chi connectivity index (χ1v) is 5.54. The predicted octanol–water partition coefficient (Wildman–Crippen LogP) is 2.45. The van der Waals surface area contributed by atoms with Gasteiger partial charge in [-0.1, -0.05) is 6.07 Å². The Morgan fingerprint density at radius 2 is 2.21 bits per heavy atom. The van der Waals surface area contributed by atoms with E-state index in [4.69, 9.17) is 4.74 Å². The second kappa shape index (κ2) is 3.91. The fraction of sp³-hybridized carbons (Fsp3) is 0.455. The molecular weight excluding hydrogens is 242 g/mol. The van der Waals surface area contributed by atoms with Gasteiger partial charge in [0.05, 0.1) is 11.6 Å². The second-order valence-corrected chi connectivity index (χ2v) is 4.56. The average molecular weight is 256 g/mol. The maximum Gasteiger partial charge on any atom is 0.136 e. The standard InChI is InChI=1S/C11H14BrNO/c1-13-6-5-9-8(7-13)3-4-10(12)11(9)14-2/h3-4H,5-7H2,1-2H3. The van der Waals surface area contributed by atoms with Gasteiger partial charge < -0.3 is 9.64 Å². The fourth-order valence-electron chi connectivity index (χ4n) is 1.96. The zero-order valence-electron chi connectivity index (χ0n) is 8.51. The van der Waals surface area contributed by atoms with E-state index in [0.717, 1.165) is 29.7 Å². The van der Waals surface area contributed by atoms with E-state index in [0.29, 0.717) is 0 Å². The summed E-state index contributed by atoms with van der Waals surface area (Å²) in [6.07, 6.45) is 1.08. The number of nitrogens with zero attached hydrogens (tertiary/aromatic N) is 1. The average Bonchev–Trinajstić information content (AvgIpc) is 2.18. The topological polar surface area (TPSA) is 12.5 Å². The molecule has 0 saturated heterocycles. The molecule has 3 heteroatoms. The van der Waals surface area contributed by atoms with E-state index in [1.54, 1.807) is 7.11 Å². The van der Waals surface area contributed by atoms with Crippen molar-refractivity contribution in [1.82, 2.24) is 4.90 Å². The first kappa shape index (κ1) is 9.99. The minimum atomic E-state index is 1.01. The summed E-state index contributed by atoms with van der Waals surface area (Å²) in [5.74, 6) is 1.01. The van der Waals surface area contributed by atoms with Crippen molar-refractivity contribution in [3.8, 4) is 5.75 Å². The van der Waals surface area contributed by atoms with E-state index >= 15 is 0 Å². The molecule has 2 nitrogen and oxygen atoms in total. The van der Waals surface area contributed by atoms with Crippen molar-refractivity contribution in [3.05, 3.63) is 27.7 Å².